The Morgan fingerprint density at radius 3 is 2.64 bits per heavy atom. The van der Waals surface area contributed by atoms with Crippen molar-refractivity contribution >= 4 is 11.6 Å². The number of hydrogen-bond donors (Lipinski definition) is 1. The van der Waals surface area contributed by atoms with E-state index in [0.717, 1.165) is 32.0 Å². The smallest absolute Gasteiger partial charge is 0.314 e. The van der Waals surface area contributed by atoms with Crippen LogP contribution in [-0.4, -0.2) is 54.6 Å². The maximum atomic E-state index is 12.1. The normalized spacial score (nSPS) is 18.6. The van der Waals surface area contributed by atoms with Gasteiger partial charge in [0.1, 0.15) is 5.75 Å². The van der Waals surface area contributed by atoms with Crippen LogP contribution in [0.1, 0.15) is 25.7 Å². The summed E-state index contributed by atoms with van der Waals surface area (Å²) in [6.45, 7) is 1.79. The number of carbonyl (C=O) groups is 1. The second-order valence-corrected chi connectivity index (χ2v) is 6.49. The van der Waals surface area contributed by atoms with E-state index < -0.39 is 4.92 Å². The molecule has 1 aromatic rings. The molecule has 1 saturated carbocycles. The van der Waals surface area contributed by atoms with Crippen LogP contribution in [0.3, 0.4) is 0 Å². The van der Waals surface area contributed by atoms with Crippen LogP contribution in [-0.2, 0) is 4.79 Å². The van der Waals surface area contributed by atoms with Crippen LogP contribution < -0.4 is 14.8 Å². The van der Waals surface area contributed by atoms with Gasteiger partial charge in [-0.1, -0.05) is 0 Å². The van der Waals surface area contributed by atoms with Crippen LogP contribution in [0.2, 0.25) is 0 Å². The Balaban J connectivity index is 1.48. The summed E-state index contributed by atoms with van der Waals surface area (Å²) in [5, 5.41) is 14.1. The number of methoxy groups -OCH3 is 1. The number of nitrogens with zero attached hydrogens (tertiary/aromatic N) is 2. The number of carbonyl (C=O) groups excluding carboxylic acids is 1. The molecule has 2 fully saturated rings. The number of hydrogen-bond acceptors (Lipinski definition) is 6. The van der Waals surface area contributed by atoms with Crippen molar-refractivity contribution in [2.75, 3.05) is 26.8 Å². The second-order valence-electron chi connectivity index (χ2n) is 6.49. The van der Waals surface area contributed by atoms with Gasteiger partial charge in [0, 0.05) is 25.2 Å². The third-order valence-corrected chi connectivity index (χ3v) is 4.68. The van der Waals surface area contributed by atoms with Gasteiger partial charge in [-0.25, -0.2) is 0 Å². The van der Waals surface area contributed by atoms with E-state index in [4.69, 9.17) is 9.47 Å². The molecule has 1 aliphatic carbocycles. The summed E-state index contributed by atoms with van der Waals surface area (Å²) < 4.78 is 10.3. The fraction of sp³-hybridized carbons (Fsp3) is 0.588. The lowest BCUT2D eigenvalue weighted by Crippen LogP contribution is -2.46. The second kappa shape index (κ2) is 7.69. The summed E-state index contributed by atoms with van der Waals surface area (Å²) in [5.74, 6) is 0.172. The van der Waals surface area contributed by atoms with E-state index in [1.165, 1.54) is 32.1 Å². The Kier molecular flexibility index (Phi) is 5.37. The lowest BCUT2D eigenvalue weighted by molar-refractivity contribution is -0.385. The molecule has 0 atom stereocenters. The molecule has 2 aliphatic rings. The lowest BCUT2D eigenvalue weighted by atomic mass is 10.0. The van der Waals surface area contributed by atoms with Crippen LogP contribution in [0.15, 0.2) is 18.2 Å². The molecule has 1 aromatic carbocycles. The van der Waals surface area contributed by atoms with Crippen LogP contribution in [0, 0.1) is 10.1 Å². The number of ether oxygens (including phenoxy) is 2. The molecule has 1 amide bonds. The minimum absolute atomic E-state index is 0.0597. The van der Waals surface area contributed by atoms with Crippen LogP contribution in [0.4, 0.5) is 5.69 Å². The van der Waals surface area contributed by atoms with E-state index >= 15 is 0 Å². The van der Waals surface area contributed by atoms with E-state index in [-0.39, 0.29) is 30.0 Å². The third kappa shape index (κ3) is 4.60. The number of amides is 1. The van der Waals surface area contributed by atoms with E-state index in [1.807, 2.05) is 0 Å². The third-order valence-electron chi connectivity index (χ3n) is 4.68. The molecule has 0 aromatic heterocycles. The monoisotopic (exact) mass is 349 g/mol. The number of nitro benzene ring substituents is 1. The number of benzene rings is 1. The molecule has 8 nitrogen and oxygen atoms in total. The highest BCUT2D eigenvalue weighted by Gasteiger charge is 2.32. The number of likely N-dealkylation sites (tertiary alicyclic amines) is 1. The van der Waals surface area contributed by atoms with Crippen LogP contribution in [0.5, 0.6) is 11.5 Å². The number of nitrogens with one attached hydrogen (secondary N) is 1. The number of rotatable bonds is 7. The van der Waals surface area contributed by atoms with Gasteiger partial charge in [0.05, 0.1) is 18.1 Å². The molecule has 0 bridgehead atoms. The molecule has 0 unspecified atom stereocenters. The first-order chi connectivity index (χ1) is 12.1. The van der Waals surface area contributed by atoms with Crippen molar-refractivity contribution in [3.05, 3.63) is 28.3 Å². The summed E-state index contributed by atoms with van der Waals surface area (Å²) in [4.78, 5) is 25.1. The van der Waals surface area contributed by atoms with Gasteiger partial charge in [0.25, 0.3) is 5.91 Å². The van der Waals surface area contributed by atoms with Gasteiger partial charge in [-0.05, 0) is 37.8 Å². The average molecular weight is 349 g/mol. The predicted molar refractivity (Wildman–Crippen MR) is 90.9 cm³/mol. The molecule has 25 heavy (non-hydrogen) atoms. The summed E-state index contributed by atoms with van der Waals surface area (Å²) in [5.41, 5.74) is -0.218. The van der Waals surface area contributed by atoms with Crippen molar-refractivity contribution in [2.45, 2.75) is 37.8 Å². The Morgan fingerprint density at radius 1 is 1.32 bits per heavy atom. The fourth-order valence-corrected chi connectivity index (χ4v) is 3.15. The molecule has 8 heteroatoms. The van der Waals surface area contributed by atoms with Crippen molar-refractivity contribution in [3.63, 3.8) is 0 Å². The molecule has 1 heterocycles. The van der Waals surface area contributed by atoms with Gasteiger partial charge in [0.2, 0.25) is 0 Å². The Labute approximate surface area is 146 Å². The van der Waals surface area contributed by atoms with Gasteiger partial charge in [0.15, 0.2) is 12.4 Å². The molecule has 3 rings (SSSR count). The Hall–Kier alpha value is -2.35. The maximum absolute atomic E-state index is 12.1. The summed E-state index contributed by atoms with van der Waals surface area (Å²) in [6, 6.07) is 5.19. The zero-order chi connectivity index (χ0) is 17.8. The molecule has 136 valence electrons. The quantitative estimate of drug-likeness (QED) is 0.595. The van der Waals surface area contributed by atoms with E-state index in [0.29, 0.717) is 5.75 Å². The summed E-state index contributed by atoms with van der Waals surface area (Å²) in [6.07, 6.45) is 4.47. The van der Waals surface area contributed by atoms with Gasteiger partial charge < -0.3 is 19.7 Å². The molecule has 0 radical (unpaired) electrons. The van der Waals surface area contributed by atoms with Crippen LogP contribution >= 0.6 is 0 Å². The predicted octanol–water partition coefficient (Wildman–Crippen LogP) is 1.73. The first-order valence-corrected chi connectivity index (χ1v) is 8.55. The molecule has 1 saturated heterocycles. The first kappa shape index (κ1) is 17.5. The highest BCUT2D eigenvalue weighted by Crippen LogP contribution is 2.31. The molecule has 1 N–H and O–H groups in total. The molecular weight excluding hydrogens is 326 g/mol. The average Bonchev–Trinajstić information content (AvgIpc) is 3.45. The molecule has 1 aliphatic heterocycles. The maximum Gasteiger partial charge on any atom is 0.314 e. The lowest BCUT2D eigenvalue weighted by Gasteiger charge is -2.32. The Bertz CT molecular complexity index is 639. The standard InChI is InChI=1S/C17H23N3O5/c1-24-14-4-5-16(15(10-14)20(22)23)25-11-17(21)18-12-6-8-19(9-7-12)13-2-3-13/h4-5,10,12-13H,2-3,6-9,11H2,1H3,(H,18,21). The fourth-order valence-electron chi connectivity index (χ4n) is 3.15. The highest BCUT2D eigenvalue weighted by molar-refractivity contribution is 5.78. The minimum Gasteiger partial charge on any atom is -0.496 e. The van der Waals surface area contributed by atoms with Gasteiger partial charge >= 0.3 is 5.69 Å². The Morgan fingerprint density at radius 2 is 2.04 bits per heavy atom. The first-order valence-electron chi connectivity index (χ1n) is 8.55. The van der Waals surface area contributed by atoms with Crippen molar-refractivity contribution in [1.82, 2.24) is 10.2 Å². The zero-order valence-corrected chi connectivity index (χ0v) is 14.3. The molecular formula is C17H23N3O5. The summed E-state index contributed by atoms with van der Waals surface area (Å²) >= 11 is 0. The topological polar surface area (TPSA) is 93.9 Å². The van der Waals surface area contributed by atoms with E-state index in [2.05, 4.69) is 10.2 Å². The van der Waals surface area contributed by atoms with Gasteiger partial charge in [-0.3, -0.25) is 14.9 Å². The SMILES string of the molecule is COc1ccc(OCC(=O)NC2CCN(C3CC3)CC2)c([N+](=O)[O-])c1. The minimum atomic E-state index is -0.552. The van der Waals surface area contributed by atoms with Crippen LogP contribution in [0.25, 0.3) is 0 Å². The number of nitro groups is 1. The van der Waals surface area contributed by atoms with Crippen molar-refractivity contribution in [1.29, 1.82) is 0 Å². The van der Waals surface area contributed by atoms with E-state index in [9.17, 15) is 14.9 Å². The van der Waals surface area contributed by atoms with Crippen molar-refractivity contribution in [3.8, 4) is 11.5 Å². The van der Waals surface area contributed by atoms with Gasteiger partial charge in [-0.2, -0.15) is 0 Å². The van der Waals surface area contributed by atoms with Crippen molar-refractivity contribution < 1.29 is 19.2 Å². The van der Waals surface area contributed by atoms with Crippen molar-refractivity contribution in [2.24, 2.45) is 0 Å². The number of piperidine rings is 1. The summed E-state index contributed by atoms with van der Waals surface area (Å²) in [7, 11) is 1.43. The highest BCUT2D eigenvalue weighted by atomic mass is 16.6. The zero-order valence-electron chi connectivity index (χ0n) is 14.3. The largest absolute Gasteiger partial charge is 0.496 e. The van der Waals surface area contributed by atoms with Gasteiger partial charge in [-0.15, -0.1) is 0 Å². The van der Waals surface area contributed by atoms with E-state index in [1.54, 1.807) is 6.07 Å². The molecule has 0 spiro atoms.